The Hall–Kier alpha value is -3.96. The summed E-state index contributed by atoms with van der Waals surface area (Å²) in [5, 5.41) is 13.8. The van der Waals surface area contributed by atoms with Gasteiger partial charge in [-0.25, -0.2) is 5.01 Å². The van der Waals surface area contributed by atoms with Gasteiger partial charge in [0, 0.05) is 45.7 Å². The molecule has 208 valence electrons. The number of aromatic nitrogens is 2. The number of hydrogen-bond donors (Lipinski definition) is 2. The zero-order valence-corrected chi connectivity index (χ0v) is 23.1. The van der Waals surface area contributed by atoms with Crippen LogP contribution in [0.5, 0.6) is 5.75 Å². The van der Waals surface area contributed by atoms with Crippen molar-refractivity contribution in [1.29, 1.82) is 0 Å². The maximum Gasteiger partial charge on any atom is 0.256 e. The summed E-state index contributed by atoms with van der Waals surface area (Å²) < 4.78 is 11.1. The summed E-state index contributed by atoms with van der Waals surface area (Å²) in [6.07, 6.45) is 0. The first-order valence-electron chi connectivity index (χ1n) is 13.3. The number of benzene rings is 2. The zero-order chi connectivity index (χ0) is 27.8. The number of likely N-dealkylation sites (N-methyl/N-ethyl adjacent to an activating group) is 2. The number of rotatable bonds is 13. The molecule has 0 bridgehead atoms. The third-order valence-corrected chi connectivity index (χ3v) is 6.53. The second kappa shape index (κ2) is 13.2. The third kappa shape index (κ3) is 7.12. The molecule has 1 aromatic heterocycles. The maximum atomic E-state index is 13.6. The molecule has 0 radical (unpaired) electrons. The molecule has 1 aliphatic heterocycles. The van der Waals surface area contributed by atoms with Crippen LogP contribution < -0.4 is 20.3 Å². The average Bonchev–Trinajstić information content (AvgIpc) is 3.57. The molecule has 2 N–H and O–H groups in total. The van der Waals surface area contributed by atoms with Crippen molar-refractivity contribution in [2.24, 2.45) is 0 Å². The number of carbonyl (C=O) groups is 2. The molecular weight excluding hydrogens is 498 g/mol. The van der Waals surface area contributed by atoms with E-state index < -0.39 is 0 Å². The quantitative estimate of drug-likeness (QED) is 0.318. The van der Waals surface area contributed by atoms with E-state index in [4.69, 9.17) is 9.26 Å². The average molecular weight is 536 g/mol. The van der Waals surface area contributed by atoms with Crippen molar-refractivity contribution in [2.45, 2.75) is 33.9 Å². The van der Waals surface area contributed by atoms with Crippen molar-refractivity contribution in [3.63, 3.8) is 0 Å². The number of hydrazine groups is 1. The van der Waals surface area contributed by atoms with Crippen LogP contribution in [0.3, 0.4) is 0 Å². The second-order valence-corrected chi connectivity index (χ2v) is 9.32. The predicted octanol–water partition coefficient (Wildman–Crippen LogP) is 2.37. The molecule has 39 heavy (non-hydrogen) atoms. The minimum Gasteiger partial charge on any atom is -0.492 e. The van der Waals surface area contributed by atoms with Crippen LogP contribution in [-0.2, 0) is 22.7 Å². The minimum atomic E-state index is -0.194. The fourth-order valence-electron chi connectivity index (χ4n) is 4.47. The molecule has 0 unspecified atom stereocenters. The predicted molar refractivity (Wildman–Crippen MR) is 148 cm³/mol. The Labute approximate surface area is 229 Å². The lowest BCUT2D eigenvalue weighted by atomic mass is 10.1. The number of ether oxygens (including phenoxy) is 1. The van der Waals surface area contributed by atoms with E-state index in [0.29, 0.717) is 61.5 Å². The molecule has 2 amide bonds. The Morgan fingerprint density at radius 3 is 2.46 bits per heavy atom. The first-order chi connectivity index (χ1) is 18.9. The second-order valence-electron chi connectivity index (χ2n) is 9.32. The molecule has 1 aliphatic rings. The lowest BCUT2D eigenvalue weighted by Crippen LogP contribution is -2.48. The van der Waals surface area contributed by atoms with Gasteiger partial charge in [0.2, 0.25) is 17.6 Å². The number of fused-ring (bicyclic) bond motifs is 1. The van der Waals surface area contributed by atoms with Gasteiger partial charge in [0.15, 0.2) is 0 Å². The highest BCUT2D eigenvalue weighted by Gasteiger charge is 2.28. The van der Waals surface area contributed by atoms with Crippen LogP contribution in [0.1, 0.15) is 30.9 Å². The molecular formula is C28H37N7O4. The number of nitrogens with one attached hydrogen (secondary N) is 2. The number of hydrogen-bond acceptors (Lipinski definition) is 9. The maximum absolute atomic E-state index is 13.6. The Morgan fingerprint density at radius 2 is 1.82 bits per heavy atom. The summed E-state index contributed by atoms with van der Waals surface area (Å²) in [4.78, 5) is 32.6. The summed E-state index contributed by atoms with van der Waals surface area (Å²) in [7, 11) is 1.77. The molecule has 0 atom stereocenters. The Bertz CT molecular complexity index is 1250. The molecule has 4 rings (SSSR count). The monoisotopic (exact) mass is 535 g/mol. The largest absolute Gasteiger partial charge is 0.492 e. The van der Waals surface area contributed by atoms with Gasteiger partial charge in [-0.1, -0.05) is 36.3 Å². The van der Waals surface area contributed by atoms with Crippen LogP contribution in [0.15, 0.2) is 47.0 Å². The number of anilines is 1. The van der Waals surface area contributed by atoms with E-state index in [9.17, 15) is 9.59 Å². The Kier molecular flexibility index (Phi) is 9.50. The van der Waals surface area contributed by atoms with E-state index in [2.05, 4.69) is 32.9 Å². The van der Waals surface area contributed by atoms with E-state index in [1.54, 1.807) is 29.9 Å². The molecule has 0 aliphatic carbocycles. The van der Waals surface area contributed by atoms with Gasteiger partial charge in [0.25, 0.3) is 5.91 Å². The van der Waals surface area contributed by atoms with E-state index in [1.807, 2.05) is 43.1 Å². The van der Waals surface area contributed by atoms with Crippen LogP contribution >= 0.6 is 0 Å². The van der Waals surface area contributed by atoms with Crippen molar-refractivity contribution >= 4 is 17.5 Å². The van der Waals surface area contributed by atoms with Gasteiger partial charge in [-0.15, -0.1) is 0 Å². The normalized spacial score (nSPS) is 12.7. The van der Waals surface area contributed by atoms with Crippen LogP contribution in [0.25, 0.3) is 11.4 Å². The summed E-state index contributed by atoms with van der Waals surface area (Å²) in [5.74, 6) is 1.09. The Morgan fingerprint density at radius 1 is 1.08 bits per heavy atom. The summed E-state index contributed by atoms with van der Waals surface area (Å²) in [6.45, 7) is 9.28. The zero-order valence-electron chi connectivity index (χ0n) is 23.1. The van der Waals surface area contributed by atoms with Gasteiger partial charge < -0.3 is 24.8 Å². The van der Waals surface area contributed by atoms with Crippen molar-refractivity contribution in [1.82, 2.24) is 30.8 Å². The van der Waals surface area contributed by atoms with E-state index >= 15 is 0 Å². The van der Waals surface area contributed by atoms with Crippen molar-refractivity contribution < 1.29 is 18.8 Å². The van der Waals surface area contributed by atoms with Gasteiger partial charge in [-0.2, -0.15) is 4.98 Å². The lowest BCUT2D eigenvalue weighted by molar-refractivity contribution is -0.145. The molecule has 2 heterocycles. The van der Waals surface area contributed by atoms with Gasteiger partial charge in [-0.05, 0) is 42.8 Å². The molecule has 0 saturated carbocycles. The summed E-state index contributed by atoms with van der Waals surface area (Å²) in [5.41, 5.74) is 3.70. The SMILES string of the molecule is CCNCCNC(=O)CN(CC(=O)N(C)N1Cc2ccccc2C1)c1cc(-c2noc(C)n2)ccc1OCC. The van der Waals surface area contributed by atoms with Crippen molar-refractivity contribution in [3.05, 3.63) is 59.5 Å². The van der Waals surface area contributed by atoms with Crippen LogP contribution in [-0.4, -0.2) is 78.4 Å². The van der Waals surface area contributed by atoms with E-state index in [-0.39, 0.29) is 24.9 Å². The fraction of sp³-hybridized carbons (Fsp3) is 0.429. The fourth-order valence-corrected chi connectivity index (χ4v) is 4.47. The smallest absolute Gasteiger partial charge is 0.256 e. The topological polar surface area (TPSA) is 116 Å². The highest BCUT2D eigenvalue weighted by molar-refractivity contribution is 5.87. The first-order valence-corrected chi connectivity index (χ1v) is 13.3. The molecule has 0 spiro atoms. The van der Waals surface area contributed by atoms with Crippen molar-refractivity contribution in [2.75, 3.05) is 51.3 Å². The number of aryl methyl sites for hydroxylation is 1. The standard InChI is InChI=1S/C28H37N7O4/c1-5-29-13-14-30-26(36)18-34(19-27(37)33(4)35-16-22-9-7-8-10-23(22)17-35)24-15-21(11-12-25(24)38-6-2)28-31-20(3)39-32-28/h7-12,15,29H,5-6,13-14,16-19H2,1-4H3,(H,30,36). The number of carbonyl (C=O) groups excluding carboxylic acids is 2. The van der Waals surface area contributed by atoms with Crippen LogP contribution in [0.2, 0.25) is 0 Å². The summed E-state index contributed by atoms with van der Waals surface area (Å²) >= 11 is 0. The van der Waals surface area contributed by atoms with Gasteiger partial charge in [-0.3, -0.25) is 14.6 Å². The third-order valence-electron chi connectivity index (χ3n) is 6.53. The van der Waals surface area contributed by atoms with Crippen LogP contribution in [0.4, 0.5) is 5.69 Å². The highest BCUT2D eigenvalue weighted by atomic mass is 16.5. The molecule has 11 nitrogen and oxygen atoms in total. The van der Waals surface area contributed by atoms with Gasteiger partial charge >= 0.3 is 0 Å². The highest BCUT2D eigenvalue weighted by Crippen LogP contribution is 2.33. The van der Waals surface area contributed by atoms with E-state index in [0.717, 1.165) is 6.54 Å². The van der Waals surface area contributed by atoms with E-state index in [1.165, 1.54) is 11.1 Å². The van der Waals surface area contributed by atoms with Crippen LogP contribution in [0, 0.1) is 6.92 Å². The van der Waals surface area contributed by atoms with Crippen molar-refractivity contribution in [3.8, 4) is 17.1 Å². The minimum absolute atomic E-state index is 0.0271. The molecule has 0 saturated heterocycles. The molecule has 3 aromatic rings. The molecule has 2 aromatic carbocycles. The Balaban J connectivity index is 1.58. The first kappa shape index (κ1) is 28.1. The summed E-state index contributed by atoms with van der Waals surface area (Å²) in [6, 6.07) is 13.7. The number of nitrogens with zero attached hydrogens (tertiary/aromatic N) is 5. The lowest BCUT2D eigenvalue weighted by Gasteiger charge is -2.32. The van der Waals surface area contributed by atoms with Gasteiger partial charge in [0.1, 0.15) is 5.75 Å². The molecule has 11 heteroatoms. The number of amides is 2. The molecule has 0 fully saturated rings. The van der Waals surface area contributed by atoms with Gasteiger partial charge in [0.05, 0.1) is 25.4 Å².